The van der Waals surface area contributed by atoms with E-state index >= 15 is 0 Å². The van der Waals surface area contributed by atoms with Crippen LogP contribution in [-0.4, -0.2) is 8.42 Å². The topological polar surface area (TPSA) is 46.2 Å². The van der Waals surface area contributed by atoms with Crippen molar-refractivity contribution in [2.45, 2.75) is 11.8 Å². The Morgan fingerprint density at radius 2 is 1.70 bits per heavy atom. The third-order valence-corrected chi connectivity index (χ3v) is 4.35. The first-order valence-corrected chi connectivity index (χ1v) is 7.81. The fourth-order valence-electron chi connectivity index (χ4n) is 1.62. The van der Waals surface area contributed by atoms with Crippen LogP contribution in [0, 0.1) is 18.6 Å². The number of hydrogen-bond acceptors (Lipinski definition) is 2. The van der Waals surface area contributed by atoms with E-state index in [9.17, 15) is 17.2 Å². The van der Waals surface area contributed by atoms with Gasteiger partial charge in [-0.25, -0.2) is 17.2 Å². The van der Waals surface area contributed by atoms with Crippen LogP contribution in [0.25, 0.3) is 0 Å². The van der Waals surface area contributed by atoms with E-state index in [1.165, 1.54) is 12.1 Å². The Labute approximate surface area is 123 Å². The van der Waals surface area contributed by atoms with Gasteiger partial charge in [-0.05, 0) is 36.8 Å². The van der Waals surface area contributed by atoms with Crippen LogP contribution in [0.15, 0.2) is 45.8 Å². The van der Waals surface area contributed by atoms with Crippen LogP contribution < -0.4 is 4.72 Å². The average molecular weight is 362 g/mol. The smallest absolute Gasteiger partial charge is 0.262 e. The summed E-state index contributed by atoms with van der Waals surface area (Å²) in [7, 11) is -4.04. The van der Waals surface area contributed by atoms with Gasteiger partial charge in [-0.3, -0.25) is 4.72 Å². The second-order valence-electron chi connectivity index (χ2n) is 4.17. The summed E-state index contributed by atoms with van der Waals surface area (Å²) in [5, 5.41) is 0. The van der Waals surface area contributed by atoms with Gasteiger partial charge in [-0.2, -0.15) is 0 Å². The van der Waals surface area contributed by atoms with E-state index in [-0.39, 0.29) is 9.37 Å². The van der Waals surface area contributed by atoms with E-state index in [4.69, 9.17) is 0 Å². The molecule has 0 aliphatic rings. The minimum absolute atomic E-state index is 0.0563. The highest BCUT2D eigenvalue weighted by atomic mass is 79.9. The number of halogens is 3. The number of benzene rings is 2. The van der Waals surface area contributed by atoms with Gasteiger partial charge >= 0.3 is 0 Å². The molecule has 0 unspecified atom stereocenters. The van der Waals surface area contributed by atoms with E-state index in [0.717, 1.165) is 17.7 Å². The summed E-state index contributed by atoms with van der Waals surface area (Å²) in [5.41, 5.74) is 0.0272. The van der Waals surface area contributed by atoms with Crippen molar-refractivity contribution in [3.05, 3.63) is 58.1 Å². The Bertz CT molecular complexity index is 740. The predicted molar refractivity (Wildman–Crippen MR) is 76.0 cm³/mol. The Morgan fingerprint density at radius 1 is 1.10 bits per heavy atom. The zero-order chi connectivity index (χ0) is 14.9. The van der Waals surface area contributed by atoms with Crippen molar-refractivity contribution in [1.82, 2.24) is 0 Å². The van der Waals surface area contributed by atoms with Crippen LogP contribution in [-0.2, 0) is 10.0 Å². The number of hydrogen-bond donors (Lipinski definition) is 1. The first-order chi connectivity index (χ1) is 9.29. The Morgan fingerprint density at radius 3 is 2.25 bits per heavy atom. The lowest BCUT2D eigenvalue weighted by Crippen LogP contribution is -2.15. The fraction of sp³-hybridized carbons (Fsp3) is 0.0769. The van der Waals surface area contributed by atoms with Crippen molar-refractivity contribution in [3.8, 4) is 0 Å². The molecule has 20 heavy (non-hydrogen) atoms. The zero-order valence-corrected chi connectivity index (χ0v) is 12.7. The molecule has 2 rings (SSSR count). The maximum absolute atomic E-state index is 13.6. The van der Waals surface area contributed by atoms with Gasteiger partial charge in [-0.1, -0.05) is 28.1 Å². The molecular formula is C13H10BrF2NO2S. The highest BCUT2D eigenvalue weighted by molar-refractivity contribution is 9.10. The lowest BCUT2D eigenvalue weighted by Gasteiger charge is -2.10. The third-order valence-electron chi connectivity index (χ3n) is 2.54. The number of sulfonamides is 1. The molecule has 1 N–H and O–H groups in total. The number of nitrogens with one attached hydrogen (secondary N) is 1. The van der Waals surface area contributed by atoms with Gasteiger partial charge in [0, 0.05) is 4.47 Å². The van der Waals surface area contributed by atoms with Crippen molar-refractivity contribution in [2.24, 2.45) is 0 Å². The molecule has 0 saturated heterocycles. The molecule has 2 aromatic rings. The monoisotopic (exact) mass is 361 g/mol. The van der Waals surface area contributed by atoms with Gasteiger partial charge in [0.25, 0.3) is 10.0 Å². The zero-order valence-electron chi connectivity index (χ0n) is 10.3. The van der Waals surface area contributed by atoms with Crippen molar-refractivity contribution in [2.75, 3.05) is 4.72 Å². The Hall–Kier alpha value is -1.47. The number of aryl methyl sites for hydroxylation is 1. The quantitative estimate of drug-likeness (QED) is 0.902. The van der Waals surface area contributed by atoms with Crippen molar-refractivity contribution in [3.63, 3.8) is 0 Å². The van der Waals surface area contributed by atoms with E-state index in [1.807, 2.05) is 4.72 Å². The molecule has 3 nitrogen and oxygen atoms in total. The van der Waals surface area contributed by atoms with Crippen LogP contribution in [0.2, 0.25) is 0 Å². The molecule has 0 amide bonds. The summed E-state index contributed by atoms with van der Waals surface area (Å²) in [5.74, 6) is -1.98. The average Bonchev–Trinajstić information content (AvgIpc) is 2.34. The summed E-state index contributed by atoms with van der Waals surface area (Å²) in [4.78, 5) is -0.0563. The molecule has 0 radical (unpaired) electrons. The molecule has 0 aliphatic heterocycles. The van der Waals surface area contributed by atoms with E-state index in [0.29, 0.717) is 0 Å². The molecule has 7 heteroatoms. The normalized spacial score (nSPS) is 11.4. The van der Waals surface area contributed by atoms with Crippen LogP contribution in [0.3, 0.4) is 0 Å². The minimum Gasteiger partial charge on any atom is -0.274 e. The largest absolute Gasteiger partial charge is 0.274 e. The molecule has 0 saturated carbocycles. The summed E-state index contributed by atoms with van der Waals surface area (Å²) in [6, 6.07) is 8.01. The molecule has 0 spiro atoms. The van der Waals surface area contributed by atoms with Gasteiger partial charge in [-0.15, -0.1) is 0 Å². The van der Waals surface area contributed by atoms with E-state index in [1.54, 1.807) is 19.1 Å². The first kappa shape index (κ1) is 14.9. The van der Waals surface area contributed by atoms with Crippen LogP contribution in [0.1, 0.15) is 5.56 Å². The van der Waals surface area contributed by atoms with Crippen LogP contribution in [0.5, 0.6) is 0 Å². The second-order valence-corrected chi connectivity index (χ2v) is 6.76. The fourth-order valence-corrected chi connectivity index (χ4v) is 3.20. The van der Waals surface area contributed by atoms with Crippen molar-refractivity contribution < 1.29 is 17.2 Å². The van der Waals surface area contributed by atoms with E-state index < -0.39 is 27.3 Å². The highest BCUT2D eigenvalue weighted by Crippen LogP contribution is 2.26. The molecule has 0 atom stereocenters. The lowest BCUT2D eigenvalue weighted by molar-refractivity contribution is 0.582. The maximum atomic E-state index is 13.6. The summed E-state index contributed by atoms with van der Waals surface area (Å²) >= 11 is 2.92. The summed E-state index contributed by atoms with van der Waals surface area (Å²) in [6.07, 6.45) is 0. The molecular weight excluding hydrogens is 352 g/mol. The summed E-state index contributed by atoms with van der Waals surface area (Å²) < 4.78 is 53.6. The second kappa shape index (κ2) is 5.49. The van der Waals surface area contributed by atoms with Gasteiger partial charge in [0.15, 0.2) is 11.6 Å². The van der Waals surface area contributed by atoms with Gasteiger partial charge in [0.05, 0.1) is 4.90 Å². The number of anilines is 1. The summed E-state index contributed by atoms with van der Waals surface area (Å²) in [6.45, 7) is 1.72. The van der Waals surface area contributed by atoms with Crippen molar-refractivity contribution >= 4 is 31.6 Å². The van der Waals surface area contributed by atoms with E-state index in [2.05, 4.69) is 15.9 Å². The molecule has 0 aromatic heterocycles. The Balaban J connectivity index is 2.44. The number of rotatable bonds is 3. The maximum Gasteiger partial charge on any atom is 0.262 e. The minimum atomic E-state index is -4.04. The molecule has 0 heterocycles. The molecule has 106 valence electrons. The van der Waals surface area contributed by atoms with Crippen molar-refractivity contribution in [1.29, 1.82) is 0 Å². The van der Waals surface area contributed by atoms with Gasteiger partial charge in [0.1, 0.15) is 5.69 Å². The molecule has 0 aliphatic carbocycles. The predicted octanol–water partition coefficient (Wildman–Crippen LogP) is 3.84. The molecule has 0 bridgehead atoms. The highest BCUT2D eigenvalue weighted by Gasteiger charge is 2.19. The van der Waals surface area contributed by atoms with Gasteiger partial charge in [0.2, 0.25) is 0 Å². The molecule has 0 fully saturated rings. The molecule has 2 aromatic carbocycles. The SMILES string of the molecule is Cc1cccc(S(=O)(=O)Nc2c(F)cc(Br)cc2F)c1. The standard InChI is InChI=1S/C13H10BrF2NO2S/c1-8-3-2-4-10(5-8)20(18,19)17-13-11(15)6-9(14)7-12(13)16/h2-7,17H,1H3. The lowest BCUT2D eigenvalue weighted by atomic mass is 10.2. The third kappa shape index (κ3) is 3.16. The van der Waals surface area contributed by atoms with Gasteiger partial charge < -0.3 is 0 Å². The Kier molecular flexibility index (Phi) is 4.10. The first-order valence-electron chi connectivity index (χ1n) is 5.53. The van der Waals surface area contributed by atoms with Crippen LogP contribution in [0.4, 0.5) is 14.5 Å². The van der Waals surface area contributed by atoms with Crippen LogP contribution >= 0.6 is 15.9 Å².